The van der Waals surface area contributed by atoms with Crippen LogP contribution in [-0.4, -0.2) is 40.5 Å². The third kappa shape index (κ3) is 3.53. The molecular formula is C16H26N2O3. The van der Waals surface area contributed by atoms with Crippen LogP contribution in [-0.2, 0) is 4.74 Å². The van der Waals surface area contributed by atoms with E-state index in [2.05, 4.69) is 11.8 Å². The van der Waals surface area contributed by atoms with Crippen molar-refractivity contribution in [1.82, 2.24) is 0 Å². The van der Waals surface area contributed by atoms with Crippen LogP contribution in [0, 0.1) is 5.92 Å². The van der Waals surface area contributed by atoms with Gasteiger partial charge in [0.25, 0.3) is 0 Å². The van der Waals surface area contributed by atoms with Crippen molar-refractivity contribution in [2.24, 2.45) is 5.92 Å². The van der Waals surface area contributed by atoms with Crippen LogP contribution in [0.4, 0.5) is 11.4 Å². The van der Waals surface area contributed by atoms with Crippen LogP contribution in [0.25, 0.3) is 0 Å². The molecule has 1 aliphatic carbocycles. The van der Waals surface area contributed by atoms with Crippen LogP contribution in [0.3, 0.4) is 0 Å². The minimum Gasteiger partial charge on any atom is -0.493 e. The molecule has 21 heavy (non-hydrogen) atoms. The van der Waals surface area contributed by atoms with Crippen molar-refractivity contribution >= 4 is 11.4 Å². The Hall–Kier alpha value is -1.62. The predicted molar refractivity (Wildman–Crippen MR) is 85.4 cm³/mol. The SMILES string of the molecule is COCCN(c1cc(OC)c(OC)cc1N)C(C)C1CC1. The van der Waals surface area contributed by atoms with Crippen molar-refractivity contribution in [3.05, 3.63) is 12.1 Å². The highest BCUT2D eigenvalue weighted by Gasteiger charge is 2.33. The average molecular weight is 294 g/mol. The van der Waals surface area contributed by atoms with Gasteiger partial charge >= 0.3 is 0 Å². The second-order valence-electron chi connectivity index (χ2n) is 5.53. The molecule has 1 saturated carbocycles. The predicted octanol–water partition coefficient (Wildman–Crippen LogP) is 2.54. The highest BCUT2D eigenvalue weighted by Crippen LogP contribution is 2.41. The van der Waals surface area contributed by atoms with E-state index < -0.39 is 0 Å². The Kier molecular flexibility index (Phi) is 5.17. The Bertz CT molecular complexity index is 475. The van der Waals surface area contributed by atoms with Crippen LogP contribution < -0.4 is 20.1 Å². The fraction of sp³-hybridized carbons (Fsp3) is 0.625. The van der Waals surface area contributed by atoms with E-state index in [0.29, 0.717) is 29.8 Å². The molecule has 2 N–H and O–H groups in total. The van der Waals surface area contributed by atoms with Gasteiger partial charge in [-0.05, 0) is 25.7 Å². The van der Waals surface area contributed by atoms with E-state index in [1.807, 2.05) is 12.1 Å². The molecule has 2 rings (SSSR count). The summed E-state index contributed by atoms with van der Waals surface area (Å²) in [7, 11) is 4.98. The molecule has 5 nitrogen and oxygen atoms in total. The van der Waals surface area contributed by atoms with Gasteiger partial charge in [-0.25, -0.2) is 0 Å². The zero-order valence-electron chi connectivity index (χ0n) is 13.4. The van der Waals surface area contributed by atoms with Gasteiger partial charge in [0.05, 0.1) is 32.2 Å². The van der Waals surface area contributed by atoms with Gasteiger partial charge in [0.1, 0.15) is 0 Å². The Morgan fingerprint density at radius 2 is 1.81 bits per heavy atom. The molecule has 1 unspecified atom stereocenters. The lowest BCUT2D eigenvalue weighted by Crippen LogP contribution is -2.37. The number of ether oxygens (including phenoxy) is 3. The molecule has 1 aliphatic rings. The Balaban J connectivity index is 2.33. The molecule has 1 aromatic rings. The van der Waals surface area contributed by atoms with Gasteiger partial charge in [0, 0.05) is 31.8 Å². The molecule has 0 aliphatic heterocycles. The lowest BCUT2D eigenvalue weighted by atomic mass is 10.1. The number of hydrogen-bond donors (Lipinski definition) is 1. The third-order valence-corrected chi connectivity index (χ3v) is 4.17. The van der Waals surface area contributed by atoms with Crippen LogP contribution in [0.15, 0.2) is 12.1 Å². The summed E-state index contributed by atoms with van der Waals surface area (Å²) in [6.07, 6.45) is 2.58. The van der Waals surface area contributed by atoms with E-state index in [1.165, 1.54) is 12.8 Å². The fourth-order valence-corrected chi connectivity index (χ4v) is 2.70. The number of hydrogen-bond acceptors (Lipinski definition) is 5. The monoisotopic (exact) mass is 294 g/mol. The van der Waals surface area contributed by atoms with Crippen molar-refractivity contribution in [2.45, 2.75) is 25.8 Å². The van der Waals surface area contributed by atoms with Gasteiger partial charge in [-0.15, -0.1) is 0 Å². The number of methoxy groups -OCH3 is 3. The normalized spacial score (nSPS) is 15.6. The Morgan fingerprint density at radius 3 is 2.33 bits per heavy atom. The smallest absolute Gasteiger partial charge is 0.162 e. The zero-order chi connectivity index (χ0) is 15.4. The molecule has 5 heteroatoms. The molecular weight excluding hydrogens is 268 g/mol. The largest absolute Gasteiger partial charge is 0.493 e. The second-order valence-corrected chi connectivity index (χ2v) is 5.53. The first-order valence-electron chi connectivity index (χ1n) is 7.39. The highest BCUT2D eigenvalue weighted by molar-refractivity contribution is 5.73. The maximum Gasteiger partial charge on any atom is 0.162 e. The van der Waals surface area contributed by atoms with Gasteiger partial charge < -0.3 is 24.8 Å². The molecule has 0 amide bonds. The maximum absolute atomic E-state index is 6.23. The minimum atomic E-state index is 0.445. The summed E-state index contributed by atoms with van der Waals surface area (Å²) in [5.74, 6) is 2.10. The molecule has 0 aromatic heterocycles. The van der Waals surface area contributed by atoms with Crippen molar-refractivity contribution < 1.29 is 14.2 Å². The molecule has 1 aromatic carbocycles. The second kappa shape index (κ2) is 6.89. The van der Waals surface area contributed by atoms with Gasteiger partial charge in [-0.2, -0.15) is 0 Å². The van der Waals surface area contributed by atoms with E-state index in [4.69, 9.17) is 19.9 Å². The van der Waals surface area contributed by atoms with E-state index >= 15 is 0 Å². The van der Waals surface area contributed by atoms with Crippen LogP contribution in [0.1, 0.15) is 19.8 Å². The van der Waals surface area contributed by atoms with Crippen LogP contribution in [0.2, 0.25) is 0 Å². The summed E-state index contributed by atoms with van der Waals surface area (Å²) >= 11 is 0. The zero-order valence-corrected chi connectivity index (χ0v) is 13.4. The summed E-state index contributed by atoms with van der Waals surface area (Å²) in [4.78, 5) is 2.32. The molecule has 0 saturated heterocycles. The molecule has 118 valence electrons. The molecule has 0 heterocycles. The summed E-state index contributed by atoms with van der Waals surface area (Å²) < 4.78 is 16.0. The molecule has 1 fully saturated rings. The van der Waals surface area contributed by atoms with Crippen molar-refractivity contribution in [3.63, 3.8) is 0 Å². The summed E-state index contributed by atoms with van der Waals surface area (Å²) in [6.45, 7) is 3.74. The Labute approximate surface area is 127 Å². The van der Waals surface area contributed by atoms with Crippen molar-refractivity contribution in [2.75, 3.05) is 45.1 Å². The first-order valence-corrected chi connectivity index (χ1v) is 7.39. The third-order valence-electron chi connectivity index (χ3n) is 4.17. The molecule has 1 atom stereocenters. The van der Waals surface area contributed by atoms with E-state index in [-0.39, 0.29) is 0 Å². The minimum absolute atomic E-state index is 0.445. The van der Waals surface area contributed by atoms with Crippen molar-refractivity contribution in [3.8, 4) is 11.5 Å². The number of benzene rings is 1. The first kappa shape index (κ1) is 15.8. The van der Waals surface area contributed by atoms with Gasteiger partial charge in [0.2, 0.25) is 0 Å². The lowest BCUT2D eigenvalue weighted by molar-refractivity contribution is 0.202. The van der Waals surface area contributed by atoms with Gasteiger partial charge in [-0.3, -0.25) is 0 Å². The molecule has 0 radical (unpaired) electrons. The number of nitrogen functional groups attached to an aromatic ring is 1. The van der Waals surface area contributed by atoms with Crippen LogP contribution >= 0.6 is 0 Å². The highest BCUT2D eigenvalue weighted by atomic mass is 16.5. The first-order chi connectivity index (χ1) is 10.1. The standard InChI is InChI=1S/C16H26N2O3/c1-11(12-5-6-12)18(7-8-19-2)14-10-16(21-4)15(20-3)9-13(14)17/h9-12H,5-8,17H2,1-4H3. The lowest BCUT2D eigenvalue weighted by Gasteiger charge is -2.33. The van der Waals surface area contributed by atoms with Crippen LogP contribution in [0.5, 0.6) is 11.5 Å². The molecule has 0 bridgehead atoms. The number of anilines is 2. The van der Waals surface area contributed by atoms with Gasteiger partial charge in [-0.1, -0.05) is 0 Å². The maximum atomic E-state index is 6.23. The summed E-state index contributed by atoms with van der Waals surface area (Å²) in [5.41, 5.74) is 7.93. The van der Waals surface area contributed by atoms with E-state index in [0.717, 1.165) is 18.2 Å². The molecule has 0 spiro atoms. The number of nitrogens with two attached hydrogens (primary N) is 1. The van der Waals surface area contributed by atoms with Crippen molar-refractivity contribution in [1.29, 1.82) is 0 Å². The quantitative estimate of drug-likeness (QED) is 0.747. The summed E-state index contributed by atoms with van der Waals surface area (Å²) in [5, 5.41) is 0. The fourth-order valence-electron chi connectivity index (χ4n) is 2.70. The number of rotatable bonds is 8. The summed E-state index contributed by atoms with van der Waals surface area (Å²) in [6, 6.07) is 4.23. The average Bonchev–Trinajstić information content (AvgIpc) is 3.32. The Morgan fingerprint density at radius 1 is 1.19 bits per heavy atom. The topological polar surface area (TPSA) is 57.0 Å². The van der Waals surface area contributed by atoms with E-state index in [1.54, 1.807) is 21.3 Å². The van der Waals surface area contributed by atoms with E-state index in [9.17, 15) is 0 Å². The van der Waals surface area contributed by atoms with Gasteiger partial charge in [0.15, 0.2) is 11.5 Å². The number of nitrogens with zero attached hydrogens (tertiary/aromatic N) is 1.